The average Bonchev–Trinajstić information content (AvgIpc) is 2.79. The van der Waals surface area contributed by atoms with E-state index in [4.69, 9.17) is 0 Å². The molecular formula is C12H11BrF3N3. The number of hydrogen-bond acceptors (Lipinski definition) is 2. The van der Waals surface area contributed by atoms with Crippen LogP contribution in [0.25, 0.3) is 11.4 Å². The fourth-order valence-electron chi connectivity index (χ4n) is 1.84. The van der Waals surface area contributed by atoms with E-state index in [0.29, 0.717) is 17.0 Å². The van der Waals surface area contributed by atoms with Crippen LogP contribution in [0.3, 0.4) is 0 Å². The number of aromatic nitrogens is 3. The summed E-state index contributed by atoms with van der Waals surface area (Å²) in [5, 5.41) is 8.32. The van der Waals surface area contributed by atoms with Crippen molar-refractivity contribution in [3.8, 4) is 11.4 Å². The molecule has 0 radical (unpaired) electrons. The largest absolute Gasteiger partial charge is 0.308 e. The minimum atomic E-state index is -1.49. The van der Waals surface area contributed by atoms with Crippen molar-refractivity contribution in [3.63, 3.8) is 0 Å². The van der Waals surface area contributed by atoms with Crippen molar-refractivity contribution < 1.29 is 13.2 Å². The number of hydrogen-bond donors (Lipinski definition) is 0. The lowest BCUT2D eigenvalue weighted by molar-refractivity contribution is 0.447. The number of benzene rings is 1. The highest BCUT2D eigenvalue weighted by atomic mass is 79.9. The molecule has 2 aromatic rings. The summed E-state index contributed by atoms with van der Waals surface area (Å²) in [7, 11) is 0. The smallest absolute Gasteiger partial charge is 0.194 e. The Hall–Kier alpha value is -1.37. The molecule has 19 heavy (non-hydrogen) atoms. The molecule has 0 unspecified atom stereocenters. The Morgan fingerprint density at radius 3 is 2.21 bits per heavy atom. The highest BCUT2D eigenvalue weighted by Crippen LogP contribution is 2.26. The SMILES string of the molecule is CC(C)n1c(CBr)nnc1-c1cc(F)c(F)c(F)c1. The molecule has 0 aliphatic carbocycles. The summed E-state index contributed by atoms with van der Waals surface area (Å²) in [6.45, 7) is 3.80. The van der Waals surface area contributed by atoms with Crippen LogP contribution in [0.2, 0.25) is 0 Å². The Morgan fingerprint density at radius 2 is 1.74 bits per heavy atom. The summed E-state index contributed by atoms with van der Waals surface area (Å²) in [6, 6.07) is 1.84. The molecule has 0 fully saturated rings. The Bertz CT molecular complexity index is 587. The third kappa shape index (κ3) is 2.51. The van der Waals surface area contributed by atoms with Gasteiger partial charge in [0.15, 0.2) is 23.3 Å². The third-order valence-electron chi connectivity index (χ3n) is 2.64. The molecule has 0 bridgehead atoms. The maximum Gasteiger partial charge on any atom is 0.194 e. The van der Waals surface area contributed by atoms with Gasteiger partial charge in [-0.3, -0.25) is 0 Å². The quantitative estimate of drug-likeness (QED) is 0.631. The summed E-state index contributed by atoms with van der Waals surface area (Å²) < 4.78 is 41.2. The van der Waals surface area contributed by atoms with Crippen molar-refractivity contribution in [2.24, 2.45) is 0 Å². The summed E-state index contributed by atoms with van der Waals surface area (Å²) in [4.78, 5) is 0. The normalized spacial score (nSPS) is 11.3. The van der Waals surface area contributed by atoms with Gasteiger partial charge in [0.05, 0.1) is 5.33 Å². The molecular weight excluding hydrogens is 323 g/mol. The van der Waals surface area contributed by atoms with E-state index in [0.717, 1.165) is 12.1 Å². The van der Waals surface area contributed by atoms with E-state index in [1.807, 2.05) is 13.8 Å². The van der Waals surface area contributed by atoms with Crippen LogP contribution in [0.5, 0.6) is 0 Å². The van der Waals surface area contributed by atoms with Gasteiger partial charge < -0.3 is 4.57 Å². The lowest BCUT2D eigenvalue weighted by atomic mass is 10.2. The summed E-state index contributed by atoms with van der Waals surface area (Å²) >= 11 is 3.27. The van der Waals surface area contributed by atoms with Crippen LogP contribution in [0, 0.1) is 17.5 Å². The highest BCUT2D eigenvalue weighted by Gasteiger charge is 2.19. The van der Waals surface area contributed by atoms with Crippen molar-refractivity contribution in [1.29, 1.82) is 0 Å². The van der Waals surface area contributed by atoms with Crippen LogP contribution < -0.4 is 0 Å². The van der Waals surface area contributed by atoms with Crippen molar-refractivity contribution in [3.05, 3.63) is 35.4 Å². The van der Waals surface area contributed by atoms with Gasteiger partial charge in [-0.2, -0.15) is 0 Å². The van der Waals surface area contributed by atoms with Crippen molar-refractivity contribution in [2.45, 2.75) is 25.2 Å². The molecule has 3 nitrogen and oxygen atoms in total. The number of halogens is 4. The van der Waals surface area contributed by atoms with E-state index in [-0.39, 0.29) is 11.6 Å². The molecule has 0 saturated heterocycles. The van der Waals surface area contributed by atoms with Crippen LogP contribution in [0.4, 0.5) is 13.2 Å². The third-order valence-corrected chi connectivity index (χ3v) is 3.15. The van der Waals surface area contributed by atoms with Gasteiger partial charge in [-0.05, 0) is 26.0 Å². The summed E-state index contributed by atoms with van der Waals surface area (Å²) in [6.07, 6.45) is 0. The van der Waals surface area contributed by atoms with Gasteiger partial charge in [0.25, 0.3) is 0 Å². The van der Waals surface area contributed by atoms with E-state index >= 15 is 0 Å². The number of nitrogens with zero attached hydrogens (tertiary/aromatic N) is 3. The molecule has 2 rings (SSSR count). The van der Waals surface area contributed by atoms with Gasteiger partial charge >= 0.3 is 0 Å². The van der Waals surface area contributed by atoms with E-state index in [2.05, 4.69) is 26.1 Å². The molecule has 102 valence electrons. The second-order valence-electron chi connectivity index (χ2n) is 4.29. The van der Waals surface area contributed by atoms with E-state index in [9.17, 15) is 13.2 Å². The molecule has 1 heterocycles. The van der Waals surface area contributed by atoms with Crippen molar-refractivity contribution >= 4 is 15.9 Å². The zero-order valence-electron chi connectivity index (χ0n) is 10.3. The topological polar surface area (TPSA) is 30.7 Å². The minimum Gasteiger partial charge on any atom is -0.308 e. The first kappa shape index (κ1) is 14.0. The molecule has 0 aliphatic rings. The van der Waals surface area contributed by atoms with Crippen LogP contribution in [0.1, 0.15) is 25.7 Å². The highest BCUT2D eigenvalue weighted by molar-refractivity contribution is 9.08. The summed E-state index contributed by atoms with van der Waals surface area (Å²) in [5.41, 5.74) is 0.157. The second-order valence-corrected chi connectivity index (χ2v) is 4.85. The molecule has 1 aromatic heterocycles. The molecule has 0 aliphatic heterocycles. The summed E-state index contributed by atoms with van der Waals surface area (Å²) in [5.74, 6) is -3.03. The molecule has 1 aromatic carbocycles. The minimum absolute atomic E-state index is 0.00808. The molecule has 7 heteroatoms. The van der Waals surface area contributed by atoms with Gasteiger partial charge in [0.2, 0.25) is 0 Å². The standard InChI is InChI=1S/C12H11BrF3N3/c1-6(2)19-10(5-13)17-18-12(19)7-3-8(14)11(16)9(15)4-7/h3-4,6H,5H2,1-2H3. The van der Waals surface area contributed by atoms with Gasteiger partial charge in [-0.1, -0.05) is 15.9 Å². The first-order valence-corrected chi connectivity index (χ1v) is 6.72. The Balaban J connectivity index is 2.62. The van der Waals surface area contributed by atoms with Crippen LogP contribution in [-0.2, 0) is 5.33 Å². The maximum atomic E-state index is 13.3. The zero-order valence-corrected chi connectivity index (χ0v) is 11.9. The lowest BCUT2D eigenvalue weighted by Crippen LogP contribution is -2.07. The van der Waals surface area contributed by atoms with E-state index in [1.54, 1.807) is 4.57 Å². The first-order valence-electron chi connectivity index (χ1n) is 5.60. The van der Waals surface area contributed by atoms with Crippen molar-refractivity contribution in [2.75, 3.05) is 0 Å². The fourth-order valence-corrected chi connectivity index (χ4v) is 2.22. The Morgan fingerprint density at radius 1 is 1.16 bits per heavy atom. The van der Waals surface area contributed by atoms with Crippen LogP contribution in [-0.4, -0.2) is 14.8 Å². The van der Waals surface area contributed by atoms with E-state index in [1.165, 1.54) is 0 Å². The van der Waals surface area contributed by atoms with Gasteiger partial charge in [0.1, 0.15) is 5.82 Å². The van der Waals surface area contributed by atoms with Gasteiger partial charge in [0, 0.05) is 11.6 Å². The molecule has 0 N–H and O–H groups in total. The second kappa shape index (κ2) is 5.32. The molecule has 0 atom stereocenters. The Kier molecular flexibility index (Phi) is 3.93. The lowest BCUT2D eigenvalue weighted by Gasteiger charge is -2.13. The predicted molar refractivity (Wildman–Crippen MR) is 68.3 cm³/mol. The molecule has 0 spiro atoms. The monoisotopic (exact) mass is 333 g/mol. The van der Waals surface area contributed by atoms with Gasteiger partial charge in [-0.15, -0.1) is 10.2 Å². The fraction of sp³-hybridized carbons (Fsp3) is 0.333. The van der Waals surface area contributed by atoms with Crippen molar-refractivity contribution in [1.82, 2.24) is 14.8 Å². The van der Waals surface area contributed by atoms with Gasteiger partial charge in [-0.25, -0.2) is 13.2 Å². The van der Waals surface area contributed by atoms with Crippen LogP contribution >= 0.6 is 15.9 Å². The molecule has 0 amide bonds. The first-order chi connectivity index (χ1) is 8.95. The Labute approximate surface area is 116 Å². The number of alkyl halides is 1. The average molecular weight is 334 g/mol. The van der Waals surface area contributed by atoms with E-state index < -0.39 is 17.5 Å². The maximum absolute atomic E-state index is 13.3. The zero-order chi connectivity index (χ0) is 14.2. The molecule has 0 saturated carbocycles. The number of rotatable bonds is 3. The predicted octanol–water partition coefficient (Wildman–Crippen LogP) is 3.84. The van der Waals surface area contributed by atoms with Crippen LogP contribution in [0.15, 0.2) is 12.1 Å².